The van der Waals surface area contributed by atoms with E-state index in [-0.39, 0.29) is 22.4 Å². The molecular weight excluding hydrogens is 304 g/mol. The van der Waals surface area contributed by atoms with E-state index in [0.717, 1.165) is 11.3 Å². The molecule has 2 aromatic rings. The van der Waals surface area contributed by atoms with Crippen LogP contribution in [0.25, 0.3) is 10.3 Å². The third kappa shape index (κ3) is 2.88. The molecule has 8 heteroatoms. The molecule has 0 aromatic carbocycles. The summed E-state index contributed by atoms with van der Waals surface area (Å²) in [6.45, 7) is 1.48. The van der Waals surface area contributed by atoms with Crippen molar-refractivity contribution in [2.24, 2.45) is 5.92 Å². The second-order valence-corrected chi connectivity index (χ2v) is 5.58. The van der Waals surface area contributed by atoms with Gasteiger partial charge in [0.25, 0.3) is 0 Å². The fourth-order valence-electron chi connectivity index (χ4n) is 1.54. The number of hydrogen-bond donors (Lipinski definition) is 1. The summed E-state index contributed by atoms with van der Waals surface area (Å²) in [6.07, 6.45) is -0.0972. The molecule has 2 heterocycles. The van der Waals surface area contributed by atoms with E-state index < -0.39 is 11.9 Å². The lowest BCUT2D eigenvalue weighted by Crippen LogP contribution is -2.14. The van der Waals surface area contributed by atoms with Crippen molar-refractivity contribution in [2.45, 2.75) is 13.3 Å². The average molecular weight is 315 g/mol. The summed E-state index contributed by atoms with van der Waals surface area (Å²) in [5.74, 6) is -1.68. The van der Waals surface area contributed by atoms with Crippen LogP contribution < -0.4 is 4.74 Å². The molecule has 2 rings (SSSR count). The van der Waals surface area contributed by atoms with Crippen LogP contribution in [0.4, 0.5) is 0 Å². The van der Waals surface area contributed by atoms with Crippen LogP contribution in [-0.4, -0.2) is 33.9 Å². The highest BCUT2D eigenvalue weighted by molar-refractivity contribution is 7.20. The second kappa shape index (κ2) is 5.72. The van der Waals surface area contributed by atoms with Crippen molar-refractivity contribution in [3.8, 4) is 5.75 Å². The Hall–Kier alpha value is -1.73. The summed E-state index contributed by atoms with van der Waals surface area (Å²) in [4.78, 5) is 30.8. The maximum atomic E-state index is 12.0. The molecule has 106 valence electrons. The average Bonchev–Trinajstić information content (AvgIpc) is 2.80. The smallest absolute Gasteiger partial charge is 0.306 e. The highest BCUT2D eigenvalue weighted by Crippen LogP contribution is 2.30. The Bertz CT molecular complexity index is 685. The van der Waals surface area contributed by atoms with E-state index in [1.807, 2.05) is 0 Å². The largest absolute Gasteiger partial charge is 0.493 e. The van der Waals surface area contributed by atoms with Crippen LogP contribution in [0.2, 0.25) is 5.15 Å². The van der Waals surface area contributed by atoms with Crippen molar-refractivity contribution in [3.05, 3.63) is 16.2 Å². The first-order valence-corrected chi connectivity index (χ1v) is 6.89. The second-order valence-electron chi connectivity index (χ2n) is 4.19. The molecule has 0 radical (unpaired) electrons. The Morgan fingerprint density at radius 3 is 2.80 bits per heavy atom. The molecule has 0 aliphatic carbocycles. The molecule has 0 saturated carbocycles. The zero-order chi connectivity index (χ0) is 14.9. The molecule has 1 N–H and O–H groups in total. The van der Waals surface area contributed by atoms with Crippen molar-refractivity contribution in [1.82, 2.24) is 9.97 Å². The van der Waals surface area contributed by atoms with Crippen LogP contribution in [0.1, 0.15) is 23.1 Å². The number of carbonyl (C=O) groups excluding carboxylic acids is 1. The van der Waals surface area contributed by atoms with Gasteiger partial charge in [0.2, 0.25) is 0 Å². The van der Waals surface area contributed by atoms with Crippen LogP contribution in [-0.2, 0) is 4.79 Å². The van der Waals surface area contributed by atoms with Gasteiger partial charge in [0.1, 0.15) is 0 Å². The number of ketones is 1. The third-order valence-electron chi connectivity index (χ3n) is 2.68. The number of ether oxygens (including phenoxy) is 1. The van der Waals surface area contributed by atoms with Crippen molar-refractivity contribution in [1.29, 1.82) is 0 Å². The predicted molar refractivity (Wildman–Crippen MR) is 74.7 cm³/mol. The maximum Gasteiger partial charge on any atom is 0.306 e. The number of aliphatic carboxylic acids is 1. The molecular formula is C12H11ClN2O4S. The van der Waals surface area contributed by atoms with E-state index in [2.05, 4.69) is 9.97 Å². The molecule has 0 aliphatic heterocycles. The van der Waals surface area contributed by atoms with Gasteiger partial charge in [0.15, 0.2) is 27.3 Å². The van der Waals surface area contributed by atoms with E-state index in [1.165, 1.54) is 14.0 Å². The first-order chi connectivity index (χ1) is 9.42. The normalized spacial score (nSPS) is 12.3. The maximum absolute atomic E-state index is 12.0. The minimum absolute atomic E-state index is 0.0972. The molecule has 0 fully saturated rings. The number of carbonyl (C=O) groups is 2. The number of Topliss-reactive ketones (excluding diaryl/α,β-unsaturated/α-hetero) is 1. The van der Waals surface area contributed by atoms with Gasteiger partial charge < -0.3 is 9.84 Å². The predicted octanol–water partition coefficient (Wildman–Crippen LogP) is 2.65. The number of nitrogens with zero attached hydrogens (tertiary/aromatic N) is 2. The first-order valence-electron chi connectivity index (χ1n) is 5.69. The van der Waals surface area contributed by atoms with Crippen molar-refractivity contribution in [3.63, 3.8) is 0 Å². The quantitative estimate of drug-likeness (QED) is 0.674. The van der Waals surface area contributed by atoms with Gasteiger partial charge in [-0.15, -0.1) is 11.3 Å². The topological polar surface area (TPSA) is 89.4 Å². The fourth-order valence-corrected chi connectivity index (χ4v) is 2.64. The number of halogens is 1. The lowest BCUT2D eigenvalue weighted by atomic mass is 10.1. The molecule has 0 unspecified atom stereocenters. The molecule has 20 heavy (non-hydrogen) atoms. The van der Waals surface area contributed by atoms with Crippen LogP contribution >= 0.6 is 22.9 Å². The van der Waals surface area contributed by atoms with Crippen molar-refractivity contribution < 1.29 is 19.4 Å². The minimum Gasteiger partial charge on any atom is -0.493 e. The highest BCUT2D eigenvalue weighted by atomic mass is 35.5. The number of hydrogen-bond acceptors (Lipinski definition) is 6. The Morgan fingerprint density at radius 1 is 1.50 bits per heavy atom. The van der Waals surface area contributed by atoms with E-state index in [9.17, 15) is 9.59 Å². The lowest BCUT2D eigenvalue weighted by Gasteiger charge is -2.01. The Kier molecular flexibility index (Phi) is 4.20. The molecule has 0 amide bonds. The van der Waals surface area contributed by atoms with Crippen LogP contribution in [0.5, 0.6) is 5.75 Å². The summed E-state index contributed by atoms with van der Waals surface area (Å²) >= 11 is 7.03. The van der Waals surface area contributed by atoms with E-state index >= 15 is 0 Å². The van der Waals surface area contributed by atoms with E-state index in [0.29, 0.717) is 16.1 Å². The van der Waals surface area contributed by atoms with Gasteiger partial charge in [0.05, 0.1) is 17.7 Å². The van der Waals surface area contributed by atoms with Crippen LogP contribution in [0.15, 0.2) is 6.07 Å². The summed E-state index contributed by atoms with van der Waals surface area (Å²) in [7, 11) is 1.47. The van der Waals surface area contributed by atoms with Gasteiger partial charge in [-0.2, -0.15) is 0 Å². The molecule has 2 aromatic heterocycles. The standard InChI is InChI=1S/C12H11ClN2O4S/c1-5(12(17)18)3-6(16)11-15-10-8(20-11)4-7(19-2)9(13)14-10/h4-5H,3H2,1-2H3,(H,17,18)/t5-/m0/s1. The van der Waals surface area contributed by atoms with Gasteiger partial charge in [-0.3, -0.25) is 9.59 Å². The Labute approximate surface area is 123 Å². The number of rotatable bonds is 5. The zero-order valence-corrected chi connectivity index (χ0v) is 12.3. The Morgan fingerprint density at radius 2 is 2.20 bits per heavy atom. The van der Waals surface area contributed by atoms with Gasteiger partial charge in [-0.25, -0.2) is 9.97 Å². The Balaban J connectivity index is 2.32. The van der Waals surface area contributed by atoms with Gasteiger partial charge >= 0.3 is 5.97 Å². The van der Waals surface area contributed by atoms with Crippen LogP contribution in [0.3, 0.4) is 0 Å². The van der Waals surface area contributed by atoms with Crippen LogP contribution in [0, 0.1) is 5.92 Å². The number of thiazole rings is 1. The molecule has 0 aliphatic rings. The molecule has 0 spiro atoms. The molecule has 6 nitrogen and oxygen atoms in total. The SMILES string of the molecule is COc1cc2sc(C(=O)C[C@H](C)C(=O)O)nc2nc1Cl. The summed E-state index contributed by atoms with van der Waals surface area (Å²) in [5, 5.41) is 9.20. The zero-order valence-electron chi connectivity index (χ0n) is 10.7. The monoisotopic (exact) mass is 314 g/mol. The summed E-state index contributed by atoms with van der Waals surface area (Å²) < 4.78 is 5.71. The van der Waals surface area contributed by atoms with Gasteiger partial charge in [0, 0.05) is 12.5 Å². The molecule has 0 bridgehead atoms. The van der Waals surface area contributed by atoms with Crippen molar-refractivity contribution >= 4 is 45.0 Å². The molecule has 0 saturated heterocycles. The molecule has 1 atom stereocenters. The van der Waals surface area contributed by atoms with Gasteiger partial charge in [-0.1, -0.05) is 18.5 Å². The fraction of sp³-hybridized carbons (Fsp3) is 0.333. The number of carboxylic acid groups (broad SMARTS) is 1. The number of carboxylic acids is 1. The van der Waals surface area contributed by atoms with E-state index in [1.54, 1.807) is 6.07 Å². The third-order valence-corrected chi connectivity index (χ3v) is 3.98. The van der Waals surface area contributed by atoms with E-state index in [4.69, 9.17) is 21.4 Å². The summed E-state index contributed by atoms with van der Waals surface area (Å²) in [5.41, 5.74) is 0.354. The number of fused-ring (bicyclic) bond motifs is 1. The van der Waals surface area contributed by atoms with Crippen molar-refractivity contribution in [2.75, 3.05) is 7.11 Å². The number of aromatic nitrogens is 2. The lowest BCUT2D eigenvalue weighted by molar-refractivity contribution is -0.141. The first kappa shape index (κ1) is 14.7. The summed E-state index contributed by atoms with van der Waals surface area (Å²) in [6, 6.07) is 1.65. The van der Waals surface area contributed by atoms with Gasteiger partial charge in [-0.05, 0) is 0 Å². The number of pyridine rings is 1. The highest BCUT2D eigenvalue weighted by Gasteiger charge is 2.20. The minimum atomic E-state index is -1.01. The number of methoxy groups -OCH3 is 1.